The molecule has 0 saturated carbocycles. The highest BCUT2D eigenvalue weighted by Crippen LogP contribution is 2.29. The number of nitrogens with one attached hydrogen (secondary N) is 1. The van der Waals surface area contributed by atoms with Crippen molar-refractivity contribution < 1.29 is 9.53 Å². The van der Waals surface area contributed by atoms with Crippen molar-refractivity contribution >= 4 is 22.5 Å². The first kappa shape index (κ1) is 15.0. The van der Waals surface area contributed by atoms with Crippen molar-refractivity contribution in [3.05, 3.63) is 65.9 Å². The number of hydrogen-bond acceptors (Lipinski definition) is 3. The van der Waals surface area contributed by atoms with Crippen LogP contribution in [-0.4, -0.2) is 17.5 Å². The van der Waals surface area contributed by atoms with Crippen molar-refractivity contribution in [3.63, 3.8) is 0 Å². The molecule has 3 rings (SSSR count). The number of carbonyl (C=O) groups excluding carboxylic acids is 1. The Bertz CT molecular complexity index is 859. The van der Waals surface area contributed by atoms with E-state index in [1.54, 1.807) is 6.20 Å². The first-order chi connectivity index (χ1) is 11.2. The number of hydrogen-bond donors (Lipinski definition) is 1. The molecule has 3 aromatic rings. The predicted octanol–water partition coefficient (Wildman–Crippen LogP) is 4.19. The van der Waals surface area contributed by atoms with Gasteiger partial charge in [-0.25, -0.2) is 4.98 Å². The molecule has 0 aliphatic carbocycles. The summed E-state index contributed by atoms with van der Waals surface area (Å²) in [6.07, 6.45) is 1.68. The molecule has 0 atom stereocenters. The lowest BCUT2D eigenvalue weighted by Gasteiger charge is -2.13. The molecule has 0 aliphatic rings. The molecule has 4 nitrogen and oxygen atoms in total. The average molecular weight is 306 g/mol. The molecule has 0 fully saturated rings. The number of nitrogens with zero attached hydrogens (tertiary/aromatic N) is 1. The number of anilines is 1. The zero-order valence-corrected chi connectivity index (χ0v) is 13.2. The minimum atomic E-state index is -0.219. The van der Waals surface area contributed by atoms with E-state index in [1.807, 2.05) is 62.4 Å². The van der Waals surface area contributed by atoms with E-state index < -0.39 is 0 Å². The maximum atomic E-state index is 12.8. The predicted molar refractivity (Wildman–Crippen MR) is 92.0 cm³/mol. The second-order valence-corrected chi connectivity index (χ2v) is 5.27. The Morgan fingerprint density at radius 1 is 1.17 bits per heavy atom. The fourth-order valence-electron chi connectivity index (χ4n) is 2.54. The van der Waals surface area contributed by atoms with Gasteiger partial charge >= 0.3 is 0 Å². The maximum Gasteiger partial charge on any atom is 0.261 e. The van der Waals surface area contributed by atoms with E-state index in [0.29, 0.717) is 23.7 Å². The summed E-state index contributed by atoms with van der Waals surface area (Å²) in [5.74, 6) is 0.894. The molecular weight excluding hydrogens is 288 g/mol. The summed E-state index contributed by atoms with van der Waals surface area (Å²) in [5.41, 5.74) is 1.58. The third kappa shape index (κ3) is 3.16. The Morgan fingerprint density at radius 2 is 2.00 bits per heavy atom. The monoisotopic (exact) mass is 306 g/mol. The van der Waals surface area contributed by atoms with Gasteiger partial charge in [0.25, 0.3) is 5.91 Å². The van der Waals surface area contributed by atoms with Crippen molar-refractivity contribution in [2.45, 2.75) is 13.8 Å². The van der Waals surface area contributed by atoms with Crippen molar-refractivity contribution in [1.82, 2.24) is 4.98 Å². The van der Waals surface area contributed by atoms with Gasteiger partial charge in [0, 0.05) is 6.20 Å². The molecule has 1 heterocycles. The number of pyridine rings is 1. The van der Waals surface area contributed by atoms with Crippen LogP contribution < -0.4 is 10.1 Å². The minimum absolute atomic E-state index is 0.219. The fraction of sp³-hybridized carbons (Fsp3) is 0.158. The standard InChI is InChI=1S/C19H18N2O2/c1-3-23-16-9-8-14-6-4-5-7-15(14)18(16)19(22)21-17-12-13(2)10-11-20-17/h4-12H,3H2,1-2H3,(H,20,21,22). The second kappa shape index (κ2) is 6.48. The highest BCUT2D eigenvalue weighted by atomic mass is 16.5. The van der Waals surface area contributed by atoms with Gasteiger partial charge in [-0.2, -0.15) is 0 Å². The number of carbonyl (C=O) groups is 1. The highest BCUT2D eigenvalue weighted by molar-refractivity contribution is 6.14. The Balaban J connectivity index is 2.05. The summed E-state index contributed by atoms with van der Waals surface area (Å²) in [4.78, 5) is 17.0. The molecule has 0 unspecified atom stereocenters. The van der Waals surface area contributed by atoms with Crippen LogP contribution in [0.25, 0.3) is 10.8 Å². The topological polar surface area (TPSA) is 51.2 Å². The number of ether oxygens (including phenoxy) is 1. The number of amides is 1. The van der Waals surface area contributed by atoms with Crippen LogP contribution in [0.15, 0.2) is 54.7 Å². The Labute approximate surface area is 135 Å². The molecule has 116 valence electrons. The van der Waals surface area contributed by atoms with E-state index >= 15 is 0 Å². The van der Waals surface area contributed by atoms with Gasteiger partial charge in [-0.1, -0.05) is 30.3 Å². The van der Waals surface area contributed by atoms with Crippen LogP contribution >= 0.6 is 0 Å². The van der Waals surface area contributed by atoms with Crippen LogP contribution in [0.2, 0.25) is 0 Å². The molecule has 23 heavy (non-hydrogen) atoms. The number of aromatic nitrogens is 1. The van der Waals surface area contributed by atoms with Crippen molar-refractivity contribution in [1.29, 1.82) is 0 Å². The summed E-state index contributed by atoms with van der Waals surface area (Å²) in [7, 11) is 0. The van der Waals surface area contributed by atoms with Gasteiger partial charge in [0.15, 0.2) is 0 Å². The van der Waals surface area contributed by atoms with Crippen molar-refractivity contribution in [2.75, 3.05) is 11.9 Å². The summed E-state index contributed by atoms with van der Waals surface area (Å²) < 4.78 is 5.65. The zero-order chi connectivity index (χ0) is 16.2. The van der Waals surface area contributed by atoms with E-state index in [2.05, 4.69) is 10.3 Å². The molecule has 1 aromatic heterocycles. The lowest BCUT2D eigenvalue weighted by molar-refractivity contribution is 0.102. The van der Waals surface area contributed by atoms with Crippen LogP contribution in [0.4, 0.5) is 5.82 Å². The SMILES string of the molecule is CCOc1ccc2ccccc2c1C(=O)Nc1cc(C)ccn1. The molecule has 2 aromatic carbocycles. The minimum Gasteiger partial charge on any atom is -0.493 e. The van der Waals surface area contributed by atoms with Crippen molar-refractivity contribution in [2.24, 2.45) is 0 Å². The van der Waals surface area contributed by atoms with Gasteiger partial charge in [0.1, 0.15) is 11.6 Å². The second-order valence-electron chi connectivity index (χ2n) is 5.27. The van der Waals surface area contributed by atoms with E-state index in [0.717, 1.165) is 16.3 Å². The average Bonchev–Trinajstić information content (AvgIpc) is 2.54. The molecule has 4 heteroatoms. The van der Waals surface area contributed by atoms with Gasteiger partial charge < -0.3 is 10.1 Å². The normalized spacial score (nSPS) is 10.5. The van der Waals surface area contributed by atoms with Gasteiger partial charge in [0.2, 0.25) is 0 Å². The van der Waals surface area contributed by atoms with E-state index in [4.69, 9.17) is 4.74 Å². The number of benzene rings is 2. The van der Waals surface area contributed by atoms with Crippen LogP contribution in [0.5, 0.6) is 5.75 Å². The number of rotatable bonds is 4. The third-order valence-electron chi connectivity index (χ3n) is 3.57. The van der Waals surface area contributed by atoms with Crippen LogP contribution in [-0.2, 0) is 0 Å². The Kier molecular flexibility index (Phi) is 4.24. The lowest BCUT2D eigenvalue weighted by Crippen LogP contribution is -2.15. The van der Waals surface area contributed by atoms with E-state index in [-0.39, 0.29) is 5.91 Å². The van der Waals surface area contributed by atoms with Crippen molar-refractivity contribution in [3.8, 4) is 5.75 Å². The van der Waals surface area contributed by atoms with Gasteiger partial charge in [-0.05, 0) is 48.4 Å². The quantitative estimate of drug-likeness (QED) is 0.786. The van der Waals surface area contributed by atoms with Gasteiger partial charge in [0.05, 0.1) is 12.2 Å². The number of aryl methyl sites for hydroxylation is 1. The zero-order valence-electron chi connectivity index (χ0n) is 13.2. The third-order valence-corrected chi connectivity index (χ3v) is 3.57. The van der Waals surface area contributed by atoms with E-state index in [9.17, 15) is 4.79 Å². The Morgan fingerprint density at radius 3 is 2.78 bits per heavy atom. The smallest absolute Gasteiger partial charge is 0.261 e. The Hall–Kier alpha value is -2.88. The molecule has 1 N–H and O–H groups in total. The molecule has 0 radical (unpaired) electrons. The molecule has 0 bridgehead atoms. The molecule has 1 amide bonds. The first-order valence-corrected chi connectivity index (χ1v) is 7.57. The molecular formula is C19H18N2O2. The maximum absolute atomic E-state index is 12.8. The summed E-state index contributed by atoms with van der Waals surface area (Å²) in [5, 5.41) is 4.72. The van der Waals surface area contributed by atoms with Gasteiger partial charge in [-0.3, -0.25) is 4.79 Å². The van der Waals surface area contributed by atoms with Crippen LogP contribution in [0, 0.1) is 6.92 Å². The summed E-state index contributed by atoms with van der Waals surface area (Å²) in [6, 6.07) is 15.3. The number of fused-ring (bicyclic) bond motifs is 1. The van der Waals surface area contributed by atoms with Gasteiger partial charge in [-0.15, -0.1) is 0 Å². The highest BCUT2D eigenvalue weighted by Gasteiger charge is 2.17. The first-order valence-electron chi connectivity index (χ1n) is 7.57. The largest absolute Gasteiger partial charge is 0.493 e. The van der Waals surface area contributed by atoms with Crippen LogP contribution in [0.1, 0.15) is 22.8 Å². The van der Waals surface area contributed by atoms with E-state index in [1.165, 1.54) is 0 Å². The molecule has 0 saturated heterocycles. The molecule has 0 spiro atoms. The lowest BCUT2D eigenvalue weighted by atomic mass is 10.0. The fourth-order valence-corrected chi connectivity index (χ4v) is 2.54. The molecule has 0 aliphatic heterocycles. The van der Waals surface area contributed by atoms with Crippen LogP contribution in [0.3, 0.4) is 0 Å². The summed E-state index contributed by atoms with van der Waals surface area (Å²) >= 11 is 0. The summed E-state index contributed by atoms with van der Waals surface area (Å²) in [6.45, 7) is 4.36.